The van der Waals surface area contributed by atoms with Crippen molar-refractivity contribution in [1.29, 1.82) is 0 Å². The van der Waals surface area contributed by atoms with Gasteiger partial charge in [0.25, 0.3) is 0 Å². The van der Waals surface area contributed by atoms with Gasteiger partial charge in [0.2, 0.25) is 5.95 Å². The third-order valence-corrected chi connectivity index (χ3v) is 3.98. The summed E-state index contributed by atoms with van der Waals surface area (Å²) in [5, 5.41) is 6.55. The van der Waals surface area contributed by atoms with Crippen molar-refractivity contribution in [2.24, 2.45) is 0 Å². The molecule has 0 spiro atoms. The Morgan fingerprint density at radius 3 is 2.41 bits per heavy atom. The van der Waals surface area contributed by atoms with Crippen LogP contribution in [-0.4, -0.2) is 30.2 Å². The fourth-order valence-electron chi connectivity index (χ4n) is 2.57. The van der Waals surface area contributed by atoms with Gasteiger partial charge < -0.3 is 20.1 Å². The zero-order chi connectivity index (χ0) is 19.1. The number of aromatic nitrogens is 2. The van der Waals surface area contributed by atoms with Crippen molar-refractivity contribution in [2.75, 3.05) is 30.9 Å². The van der Waals surface area contributed by atoms with Gasteiger partial charge in [-0.05, 0) is 49.7 Å². The summed E-state index contributed by atoms with van der Waals surface area (Å²) in [4.78, 5) is 8.96. The fraction of sp³-hybridized carbons (Fsp3) is 0.238. The van der Waals surface area contributed by atoms with Gasteiger partial charge in [0, 0.05) is 17.4 Å². The Bertz CT molecular complexity index is 882. The van der Waals surface area contributed by atoms with Crippen LogP contribution in [0.25, 0.3) is 0 Å². The molecule has 0 amide bonds. The molecule has 2 N–H and O–H groups in total. The van der Waals surface area contributed by atoms with E-state index in [-0.39, 0.29) is 0 Å². The lowest BCUT2D eigenvalue weighted by Gasteiger charge is -2.12. The Labute approximate surface area is 159 Å². The number of ether oxygens (including phenoxy) is 2. The van der Waals surface area contributed by atoms with Crippen molar-refractivity contribution in [3.8, 4) is 11.5 Å². The molecule has 1 aromatic heterocycles. The standard InChI is InChI=1S/C21H24N4O2/c1-15-6-4-5-7-19(15)24-20-14-16(2)23-21(25-20)22-12-13-27-18-10-8-17(26-3)9-11-18/h4-11,14H,12-13H2,1-3H3,(H2,22,23,24,25). The third-order valence-electron chi connectivity index (χ3n) is 3.98. The van der Waals surface area contributed by atoms with Crippen molar-refractivity contribution in [1.82, 2.24) is 9.97 Å². The lowest BCUT2D eigenvalue weighted by Crippen LogP contribution is -2.14. The average Bonchev–Trinajstić information content (AvgIpc) is 2.67. The number of para-hydroxylation sites is 1. The number of methoxy groups -OCH3 is 1. The molecule has 0 aliphatic carbocycles. The van der Waals surface area contributed by atoms with Gasteiger partial charge in [-0.15, -0.1) is 0 Å². The Hall–Kier alpha value is -3.28. The van der Waals surface area contributed by atoms with E-state index in [1.54, 1.807) is 7.11 Å². The highest BCUT2D eigenvalue weighted by atomic mass is 16.5. The van der Waals surface area contributed by atoms with Gasteiger partial charge in [-0.25, -0.2) is 4.98 Å². The molecule has 0 aliphatic rings. The third kappa shape index (κ3) is 5.34. The number of aryl methyl sites for hydroxylation is 2. The van der Waals surface area contributed by atoms with E-state index in [0.717, 1.165) is 34.3 Å². The number of benzene rings is 2. The van der Waals surface area contributed by atoms with E-state index in [1.165, 1.54) is 0 Å². The average molecular weight is 364 g/mol. The quantitative estimate of drug-likeness (QED) is 0.580. The first-order chi connectivity index (χ1) is 13.1. The number of nitrogens with zero attached hydrogens (tertiary/aromatic N) is 2. The largest absolute Gasteiger partial charge is 0.497 e. The van der Waals surface area contributed by atoms with E-state index in [0.29, 0.717) is 19.1 Å². The van der Waals surface area contributed by atoms with Gasteiger partial charge in [0.15, 0.2) is 0 Å². The summed E-state index contributed by atoms with van der Waals surface area (Å²) < 4.78 is 10.8. The predicted molar refractivity (Wildman–Crippen MR) is 108 cm³/mol. The van der Waals surface area contributed by atoms with Gasteiger partial charge in [-0.1, -0.05) is 18.2 Å². The molecule has 3 aromatic rings. The molecule has 6 heteroatoms. The first-order valence-corrected chi connectivity index (χ1v) is 8.83. The second-order valence-electron chi connectivity index (χ2n) is 6.11. The lowest BCUT2D eigenvalue weighted by atomic mass is 10.2. The summed E-state index contributed by atoms with van der Waals surface area (Å²) in [6.07, 6.45) is 0. The number of hydrogen-bond donors (Lipinski definition) is 2. The molecule has 27 heavy (non-hydrogen) atoms. The second-order valence-corrected chi connectivity index (χ2v) is 6.11. The number of nitrogens with one attached hydrogen (secondary N) is 2. The molecule has 0 aliphatic heterocycles. The van der Waals surface area contributed by atoms with Crippen LogP contribution in [0.5, 0.6) is 11.5 Å². The maximum atomic E-state index is 5.71. The van der Waals surface area contributed by atoms with Crippen LogP contribution in [0.4, 0.5) is 17.5 Å². The molecule has 140 valence electrons. The van der Waals surface area contributed by atoms with Crippen molar-refractivity contribution in [2.45, 2.75) is 13.8 Å². The fourth-order valence-corrected chi connectivity index (χ4v) is 2.57. The van der Waals surface area contributed by atoms with E-state index in [4.69, 9.17) is 9.47 Å². The van der Waals surface area contributed by atoms with Crippen molar-refractivity contribution in [3.05, 3.63) is 65.9 Å². The van der Waals surface area contributed by atoms with Gasteiger partial charge in [-0.2, -0.15) is 4.98 Å². The number of anilines is 3. The van der Waals surface area contributed by atoms with Crippen molar-refractivity contribution >= 4 is 17.5 Å². The summed E-state index contributed by atoms with van der Waals surface area (Å²) in [5.74, 6) is 2.94. The maximum Gasteiger partial charge on any atom is 0.224 e. The van der Waals surface area contributed by atoms with Crippen LogP contribution in [0.15, 0.2) is 54.6 Å². The summed E-state index contributed by atoms with van der Waals surface area (Å²) in [6.45, 7) is 5.11. The van der Waals surface area contributed by atoms with E-state index < -0.39 is 0 Å². The molecule has 6 nitrogen and oxygen atoms in total. The van der Waals surface area contributed by atoms with Crippen LogP contribution in [0.2, 0.25) is 0 Å². The monoisotopic (exact) mass is 364 g/mol. The van der Waals surface area contributed by atoms with Crippen LogP contribution in [0.1, 0.15) is 11.3 Å². The molecule has 0 atom stereocenters. The first-order valence-electron chi connectivity index (χ1n) is 8.83. The van der Waals surface area contributed by atoms with E-state index >= 15 is 0 Å². The Morgan fingerprint density at radius 2 is 1.67 bits per heavy atom. The molecule has 0 fully saturated rings. The predicted octanol–water partition coefficient (Wildman–Crippen LogP) is 4.34. The van der Waals surface area contributed by atoms with Gasteiger partial charge in [-0.3, -0.25) is 0 Å². The molecule has 0 bridgehead atoms. The zero-order valence-corrected chi connectivity index (χ0v) is 15.8. The Kier molecular flexibility index (Phi) is 6.10. The summed E-state index contributed by atoms with van der Waals surface area (Å²) >= 11 is 0. The topological polar surface area (TPSA) is 68.3 Å². The number of hydrogen-bond acceptors (Lipinski definition) is 6. The van der Waals surface area contributed by atoms with Crippen molar-refractivity contribution in [3.63, 3.8) is 0 Å². The highest BCUT2D eigenvalue weighted by molar-refractivity contribution is 5.61. The lowest BCUT2D eigenvalue weighted by molar-refractivity contribution is 0.331. The first kappa shape index (κ1) is 18.5. The van der Waals surface area contributed by atoms with Gasteiger partial charge in [0.05, 0.1) is 13.7 Å². The SMILES string of the molecule is COc1ccc(OCCNc2nc(C)cc(Nc3ccccc3C)n2)cc1. The highest BCUT2D eigenvalue weighted by Crippen LogP contribution is 2.20. The minimum atomic E-state index is 0.504. The molecular formula is C21H24N4O2. The second kappa shape index (κ2) is 8.89. The molecular weight excluding hydrogens is 340 g/mol. The van der Waals surface area contributed by atoms with Crippen LogP contribution in [0.3, 0.4) is 0 Å². The smallest absolute Gasteiger partial charge is 0.224 e. The van der Waals surface area contributed by atoms with E-state index in [1.807, 2.05) is 55.5 Å². The number of rotatable bonds is 8. The normalized spacial score (nSPS) is 10.3. The zero-order valence-electron chi connectivity index (χ0n) is 15.8. The van der Waals surface area contributed by atoms with Crippen LogP contribution >= 0.6 is 0 Å². The minimum absolute atomic E-state index is 0.504. The molecule has 0 saturated carbocycles. The van der Waals surface area contributed by atoms with Crippen LogP contribution in [-0.2, 0) is 0 Å². The van der Waals surface area contributed by atoms with Crippen molar-refractivity contribution < 1.29 is 9.47 Å². The molecule has 0 unspecified atom stereocenters. The summed E-state index contributed by atoms with van der Waals surface area (Å²) in [5.41, 5.74) is 3.08. The highest BCUT2D eigenvalue weighted by Gasteiger charge is 2.04. The van der Waals surface area contributed by atoms with E-state index in [2.05, 4.69) is 33.6 Å². The van der Waals surface area contributed by atoms with Crippen LogP contribution < -0.4 is 20.1 Å². The molecule has 0 radical (unpaired) electrons. The van der Waals surface area contributed by atoms with Crippen LogP contribution in [0, 0.1) is 13.8 Å². The minimum Gasteiger partial charge on any atom is -0.497 e. The van der Waals surface area contributed by atoms with E-state index in [9.17, 15) is 0 Å². The van der Waals surface area contributed by atoms with Gasteiger partial charge in [0.1, 0.15) is 23.9 Å². The maximum absolute atomic E-state index is 5.71. The summed E-state index contributed by atoms with van der Waals surface area (Å²) in [6, 6.07) is 17.5. The Morgan fingerprint density at radius 1 is 0.926 bits per heavy atom. The Balaban J connectivity index is 1.55. The molecule has 1 heterocycles. The molecule has 3 rings (SSSR count). The summed E-state index contributed by atoms with van der Waals surface area (Å²) in [7, 11) is 1.64. The molecule has 2 aromatic carbocycles. The van der Waals surface area contributed by atoms with Gasteiger partial charge >= 0.3 is 0 Å². The molecule has 0 saturated heterocycles.